The molecule has 2 aliphatic heterocycles. The van der Waals surface area contributed by atoms with Crippen LogP contribution in [0.25, 0.3) is 0 Å². The molecule has 0 spiro atoms. The van der Waals surface area contributed by atoms with Crippen LogP contribution in [0.4, 0.5) is 0 Å². The highest BCUT2D eigenvalue weighted by molar-refractivity contribution is 5.81. The molecule has 0 saturated carbocycles. The zero-order chi connectivity index (χ0) is 13.3. The summed E-state index contributed by atoms with van der Waals surface area (Å²) in [4.78, 5) is 14.3. The largest absolute Gasteiger partial charge is 0.467 e. The van der Waals surface area contributed by atoms with Gasteiger partial charge in [-0.15, -0.1) is 0 Å². The second kappa shape index (κ2) is 4.94. The molecule has 4 nitrogen and oxygen atoms in total. The average Bonchev–Trinajstić information content (AvgIpc) is 2.96. The fourth-order valence-electron chi connectivity index (χ4n) is 3.28. The van der Waals surface area contributed by atoms with Crippen molar-refractivity contribution in [1.82, 2.24) is 4.90 Å². The third kappa shape index (κ3) is 2.15. The SMILES string of the molecule is COC(=O)[C@]12CN(Cc3ccccc3)C[C@H]1CCO2. The second-order valence-electron chi connectivity index (χ2n) is 5.37. The van der Waals surface area contributed by atoms with Crippen LogP contribution in [0.2, 0.25) is 0 Å². The minimum atomic E-state index is -0.719. The molecule has 4 heteroatoms. The van der Waals surface area contributed by atoms with Gasteiger partial charge in [0.2, 0.25) is 0 Å². The Bertz CT molecular complexity index is 462. The molecule has 2 saturated heterocycles. The van der Waals surface area contributed by atoms with Crippen LogP contribution in [0.1, 0.15) is 12.0 Å². The highest BCUT2D eigenvalue weighted by Gasteiger charge is 2.57. The minimum Gasteiger partial charge on any atom is -0.467 e. The van der Waals surface area contributed by atoms with Gasteiger partial charge in [0.05, 0.1) is 7.11 Å². The number of hydrogen-bond acceptors (Lipinski definition) is 4. The molecule has 0 aliphatic carbocycles. The summed E-state index contributed by atoms with van der Waals surface area (Å²) in [5.74, 6) is 0.0502. The van der Waals surface area contributed by atoms with Gasteiger partial charge in [0.15, 0.2) is 5.60 Å². The number of carbonyl (C=O) groups excluding carboxylic acids is 1. The topological polar surface area (TPSA) is 38.8 Å². The first-order chi connectivity index (χ1) is 9.24. The first-order valence-corrected chi connectivity index (χ1v) is 6.73. The van der Waals surface area contributed by atoms with Gasteiger partial charge in [-0.25, -0.2) is 4.79 Å². The van der Waals surface area contributed by atoms with Crippen LogP contribution in [-0.2, 0) is 20.8 Å². The third-order valence-electron chi connectivity index (χ3n) is 4.20. The van der Waals surface area contributed by atoms with E-state index >= 15 is 0 Å². The second-order valence-corrected chi connectivity index (χ2v) is 5.37. The van der Waals surface area contributed by atoms with E-state index in [0.717, 1.165) is 19.5 Å². The van der Waals surface area contributed by atoms with Crippen LogP contribution in [0.15, 0.2) is 30.3 Å². The number of likely N-dealkylation sites (tertiary alicyclic amines) is 1. The van der Waals surface area contributed by atoms with E-state index in [4.69, 9.17) is 9.47 Å². The standard InChI is InChI=1S/C15H19NO3/c1-18-14(17)15-11-16(10-13(15)7-8-19-15)9-12-5-3-2-4-6-12/h2-6,13H,7-11H2,1H3/t13-,15+/m1/s1. The van der Waals surface area contributed by atoms with Crippen molar-refractivity contribution in [3.05, 3.63) is 35.9 Å². The van der Waals surface area contributed by atoms with Gasteiger partial charge in [0.25, 0.3) is 0 Å². The molecule has 0 bridgehead atoms. The summed E-state index contributed by atoms with van der Waals surface area (Å²) in [5, 5.41) is 0. The zero-order valence-electron chi connectivity index (χ0n) is 11.2. The summed E-state index contributed by atoms with van der Waals surface area (Å²) in [7, 11) is 1.44. The van der Waals surface area contributed by atoms with Crippen molar-refractivity contribution >= 4 is 5.97 Å². The Hall–Kier alpha value is -1.39. The molecule has 102 valence electrons. The van der Waals surface area contributed by atoms with E-state index in [-0.39, 0.29) is 11.9 Å². The minimum absolute atomic E-state index is 0.217. The van der Waals surface area contributed by atoms with Crippen molar-refractivity contribution in [3.63, 3.8) is 0 Å². The van der Waals surface area contributed by atoms with E-state index in [1.165, 1.54) is 12.7 Å². The number of hydrogen-bond donors (Lipinski definition) is 0. The highest BCUT2D eigenvalue weighted by Crippen LogP contribution is 2.40. The molecule has 1 aromatic rings. The number of nitrogens with zero attached hydrogens (tertiary/aromatic N) is 1. The lowest BCUT2D eigenvalue weighted by Crippen LogP contribution is -2.45. The molecule has 0 aromatic heterocycles. The Morgan fingerprint density at radius 1 is 1.47 bits per heavy atom. The Kier molecular flexibility index (Phi) is 3.29. The third-order valence-corrected chi connectivity index (χ3v) is 4.20. The maximum absolute atomic E-state index is 12.0. The number of fused-ring (bicyclic) bond motifs is 1. The molecule has 2 fully saturated rings. The van der Waals surface area contributed by atoms with Crippen molar-refractivity contribution in [1.29, 1.82) is 0 Å². The number of esters is 1. The van der Waals surface area contributed by atoms with Gasteiger partial charge in [-0.1, -0.05) is 30.3 Å². The molecule has 3 rings (SSSR count). The fourth-order valence-corrected chi connectivity index (χ4v) is 3.28. The summed E-state index contributed by atoms with van der Waals surface area (Å²) in [6.45, 7) is 3.07. The Balaban J connectivity index is 1.73. The van der Waals surface area contributed by atoms with Crippen LogP contribution in [0.3, 0.4) is 0 Å². The molecular formula is C15H19NO3. The van der Waals surface area contributed by atoms with Gasteiger partial charge in [-0.2, -0.15) is 0 Å². The predicted molar refractivity (Wildman–Crippen MR) is 70.5 cm³/mol. The molecule has 19 heavy (non-hydrogen) atoms. The monoisotopic (exact) mass is 261 g/mol. The number of rotatable bonds is 3. The van der Waals surface area contributed by atoms with Crippen molar-refractivity contribution < 1.29 is 14.3 Å². The summed E-state index contributed by atoms with van der Waals surface area (Å²) in [6, 6.07) is 10.3. The number of benzene rings is 1. The highest BCUT2D eigenvalue weighted by atomic mass is 16.6. The van der Waals surface area contributed by atoms with Gasteiger partial charge in [-0.05, 0) is 12.0 Å². The van der Waals surface area contributed by atoms with Crippen molar-refractivity contribution in [2.24, 2.45) is 5.92 Å². The van der Waals surface area contributed by atoms with Gasteiger partial charge >= 0.3 is 5.97 Å². The van der Waals surface area contributed by atoms with Crippen molar-refractivity contribution in [2.45, 2.75) is 18.6 Å². The fraction of sp³-hybridized carbons (Fsp3) is 0.533. The summed E-state index contributed by atoms with van der Waals surface area (Å²) in [6.07, 6.45) is 0.945. The van der Waals surface area contributed by atoms with Crippen LogP contribution < -0.4 is 0 Å². The van der Waals surface area contributed by atoms with E-state index in [0.29, 0.717) is 13.2 Å². The molecular weight excluding hydrogens is 242 g/mol. The van der Waals surface area contributed by atoms with E-state index in [2.05, 4.69) is 17.0 Å². The number of ether oxygens (including phenoxy) is 2. The number of methoxy groups -OCH3 is 1. The van der Waals surface area contributed by atoms with Gasteiger partial charge in [0.1, 0.15) is 0 Å². The summed E-state index contributed by atoms with van der Waals surface area (Å²) < 4.78 is 10.7. The van der Waals surface area contributed by atoms with Gasteiger partial charge in [0, 0.05) is 32.2 Å². The Labute approximate surface area is 113 Å². The Morgan fingerprint density at radius 3 is 3.00 bits per heavy atom. The molecule has 2 aliphatic rings. The maximum Gasteiger partial charge on any atom is 0.339 e. The summed E-state index contributed by atoms with van der Waals surface area (Å²) in [5.41, 5.74) is 0.547. The number of carbonyl (C=O) groups is 1. The van der Waals surface area contributed by atoms with E-state index in [9.17, 15) is 4.79 Å². The smallest absolute Gasteiger partial charge is 0.339 e. The van der Waals surface area contributed by atoms with Crippen LogP contribution >= 0.6 is 0 Å². The molecule has 1 aromatic carbocycles. The van der Waals surface area contributed by atoms with Crippen LogP contribution in [-0.4, -0.2) is 43.3 Å². The van der Waals surface area contributed by atoms with E-state index < -0.39 is 5.60 Å². The van der Waals surface area contributed by atoms with Crippen LogP contribution in [0, 0.1) is 5.92 Å². The van der Waals surface area contributed by atoms with Crippen LogP contribution in [0.5, 0.6) is 0 Å². The van der Waals surface area contributed by atoms with Crippen molar-refractivity contribution in [3.8, 4) is 0 Å². The predicted octanol–water partition coefficient (Wildman–Crippen LogP) is 1.45. The lowest BCUT2D eigenvalue weighted by atomic mass is 9.91. The average molecular weight is 261 g/mol. The van der Waals surface area contributed by atoms with Gasteiger partial charge in [-0.3, -0.25) is 4.90 Å². The molecule has 0 radical (unpaired) electrons. The molecule has 2 atom stereocenters. The molecule has 2 heterocycles. The van der Waals surface area contributed by atoms with E-state index in [1.54, 1.807) is 0 Å². The quantitative estimate of drug-likeness (QED) is 0.772. The lowest BCUT2D eigenvalue weighted by Gasteiger charge is -2.25. The maximum atomic E-state index is 12.0. The first kappa shape index (κ1) is 12.6. The molecule has 0 amide bonds. The van der Waals surface area contributed by atoms with E-state index in [1.807, 2.05) is 18.2 Å². The summed E-state index contributed by atoms with van der Waals surface area (Å²) >= 11 is 0. The molecule has 0 N–H and O–H groups in total. The zero-order valence-corrected chi connectivity index (χ0v) is 11.2. The first-order valence-electron chi connectivity index (χ1n) is 6.73. The Morgan fingerprint density at radius 2 is 2.26 bits per heavy atom. The molecule has 0 unspecified atom stereocenters. The van der Waals surface area contributed by atoms with Crippen molar-refractivity contribution in [2.75, 3.05) is 26.8 Å². The van der Waals surface area contributed by atoms with Gasteiger partial charge < -0.3 is 9.47 Å². The lowest BCUT2D eigenvalue weighted by molar-refractivity contribution is -0.165. The normalized spacial score (nSPS) is 30.3.